The molecule has 32 heavy (non-hydrogen) atoms. The molecule has 4 aromatic heterocycles. The van der Waals surface area contributed by atoms with Gasteiger partial charge in [0, 0.05) is 35.4 Å². The van der Waals surface area contributed by atoms with Crippen LogP contribution in [0.5, 0.6) is 0 Å². The molecule has 1 N–H and O–H groups in total. The van der Waals surface area contributed by atoms with Gasteiger partial charge in [0.25, 0.3) is 0 Å². The van der Waals surface area contributed by atoms with Crippen LogP contribution in [-0.2, 0) is 22.4 Å². The molecular formula is C23H24N6O2S. The van der Waals surface area contributed by atoms with Gasteiger partial charge in [-0.25, -0.2) is 14.5 Å². The van der Waals surface area contributed by atoms with Crippen molar-refractivity contribution in [2.45, 2.75) is 32.2 Å². The number of anilines is 2. The number of hydrogen-bond donors (Lipinski definition) is 1. The van der Waals surface area contributed by atoms with E-state index in [0.717, 1.165) is 46.5 Å². The number of amides is 1. The van der Waals surface area contributed by atoms with Crippen LogP contribution in [0, 0.1) is 5.92 Å². The van der Waals surface area contributed by atoms with Crippen LogP contribution >= 0.6 is 11.3 Å². The van der Waals surface area contributed by atoms with Crippen LogP contribution in [0.3, 0.4) is 0 Å². The number of nitrogens with zero attached hydrogens (tertiary/aromatic N) is 5. The zero-order valence-corrected chi connectivity index (χ0v) is 18.6. The summed E-state index contributed by atoms with van der Waals surface area (Å²) in [7, 11) is 0. The Bertz CT molecular complexity index is 1310. The fourth-order valence-corrected chi connectivity index (χ4v) is 6.11. The highest BCUT2D eigenvalue weighted by Crippen LogP contribution is 2.41. The number of nitrogens with one attached hydrogen (secondary N) is 1. The van der Waals surface area contributed by atoms with Crippen LogP contribution in [0.4, 0.5) is 11.5 Å². The minimum absolute atomic E-state index is 0.0322. The predicted octanol–water partition coefficient (Wildman–Crippen LogP) is 3.43. The Morgan fingerprint density at radius 3 is 3.16 bits per heavy atom. The maximum absolute atomic E-state index is 13.2. The third-order valence-electron chi connectivity index (χ3n) is 6.51. The summed E-state index contributed by atoms with van der Waals surface area (Å²) in [6, 6.07) is 6.16. The van der Waals surface area contributed by atoms with Gasteiger partial charge in [-0.2, -0.15) is 5.10 Å². The van der Waals surface area contributed by atoms with E-state index in [1.807, 2.05) is 27.7 Å². The zero-order chi connectivity index (χ0) is 21.7. The molecule has 1 aliphatic carbocycles. The van der Waals surface area contributed by atoms with Crippen LogP contribution in [0.1, 0.15) is 23.8 Å². The molecule has 0 radical (unpaired) electrons. The number of pyridine rings is 1. The summed E-state index contributed by atoms with van der Waals surface area (Å²) < 4.78 is 7.34. The van der Waals surface area contributed by atoms with Gasteiger partial charge < -0.3 is 15.0 Å². The molecule has 9 heteroatoms. The molecule has 1 amide bonds. The van der Waals surface area contributed by atoms with Gasteiger partial charge in [-0.3, -0.25) is 4.79 Å². The first-order valence-electron chi connectivity index (χ1n) is 11.0. The third kappa shape index (κ3) is 3.32. The summed E-state index contributed by atoms with van der Waals surface area (Å²) in [6.07, 6.45) is 7.84. The summed E-state index contributed by atoms with van der Waals surface area (Å²) in [5.74, 6) is 1.12. The van der Waals surface area contributed by atoms with E-state index in [1.165, 1.54) is 10.4 Å². The van der Waals surface area contributed by atoms with Crippen molar-refractivity contribution in [2.24, 2.45) is 5.92 Å². The number of ether oxygens (including phenoxy) is 1. The van der Waals surface area contributed by atoms with Crippen molar-refractivity contribution in [1.29, 1.82) is 0 Å². The van der Waals surface area contributed by atoms with Crippen LogP contribution in [0.2, 0.25) is 0 Å². The van der Waals surface area contributed by atoms with E-state index in [2.05, 4.69) is 33.4 Å². The van der Waals surface area contributed by atoms with E-state index in [1.54, 1.807) is 23.9 Å². The van der Waals surface area contributed by atoms with E-state index >= 15 is 0 Å². The third-order valence-corrected chi connectivity index (χ3v) is 7.67. The second-order valence-corrected chi connectivity index (χ2v) is 9.63. The van der Waals surface area contributed by atoms with E-state index < -0.39 is 0 Å². The molecule has 164 valence electrons. The maximum atomic E-state index is 13.2. The molecule has 5 heterocycles. The van der Waals surface area contributed by atoms with Crippen molar-refractivity contribution in [3.8, 4) is 0 Å². The summed E-state index contributed by atoms with van der Waals surface area (Å²) >= 11 is 1.70. The summed E-state index contributed by atoms with van der Waals surface area (Å²) in [5, 5.41) is 8.82. The second kappa shape index (κ2) is 7.83. The second-order valence-electron chi connectivity index (χ2n) is 8.54. The lowest BCUT2D eigenvalue weighted by molar-refractivity contribution is -0.143. The summed E-state index contributed by atoms with van der Waals surface area (Å²) in [5.41, 5.74) is 3.27. The molecule has 6 rings (SSSR count). The molecule has 0 spiro atoms. The minimum atomic E-state index is 0.0322. The van der Waals surface area contributed by atoms with Gasteiger partial charge in [0.1, 0.15) is 17.0 Å². The molecule has 0 bridgehead atoms. The topological polar surface area (TPSA) is 84.6 Å². The van der Waals surface area contributed by atoms with Crippen LogP contribution in [0.15, 0.2) is 36.9 Å². The lowest BCUT2D eigenvalue weighted by atomic mass is 9.86. The van der Waals surface area contributed by atoms with Gasteiger partial charge in [0.2, 0.25) is 5.91 Å². The quantitative estimate of drug-likeness (QED) is 0.517. The van der Waals surface area contributed by atoms with Gasteiger partial charge in [-0.05, 0) is 49.9 Å². The molecule has 2 atom stereocenters. The lowest BCUT2D eigenvalue weighted by Gasteiger charge is -2.36. The highest BCUT2D eigenvalue weighted by atomic mass is 32.1. The van der Waals surface area contributed by atoms with Gasteiger partial charge >= 0.3 is 0 Å². The molecule has 1 saturated heterocycles. The number of carbonyl (C=O) groups excluding carboxylic acids is 1. The number of aromatic nitrogens is 4. The molecule has 8 nitrogen and oxygen atoms in total. The van der Waals surface area contributed by atoms with Crippen molar-refractivity contribution >= 4 is 44.5 Å². The molecule has 4 aromatic rings. The standard InChI is InChI=1S/C23H24N6O2S/c1-14-12-31-9-8-28(14)23(30)15-2-3-18-19(10-15)32-22-20(18)21(24-13-25-22)27-16-5-7-29-17(11-16)4-6-26-29/h4-7,11,13-15H,2-3,8-10,12H2,1H3,(H,24,25,27)/t14-,15-/m0/s1. The molecule has 0 unspecified atom stereocenters. The number of rotatable bonds is 3. The molecular weight excluding hydrogens is 424 g/mol. The van der Waals surface area contributed by atoms with E-state index in [-0.39, 0.29) is 17.9 Å². The largest absolute Gasteiger partial charge is 0.377 e. The fourth-order valence-electron chi connectivity index (χ4n) is 4.84. The Hall–Kier alpha value is -3.04. The Labute approximate surface area is 189 Å². The lowest BCUT2D eigenvalue weighted by Crippen LogP contribution is -2.50. The van der Waals surface area contributed by atoms with Crippen molar-refractivity contribution in [3.05, 3.63) is 47.4 Å². The summed E-state index contributed by atoms with van der Waals surface area (Å²) in [6.45, 7) is 4.02. The zero-order valence-electron chi connectivity index (χ0n) is 17.8. The van der Waals surface area contributed by atoms with Gasteiger partial charge in [-0.1, -0.05) is 0 Å². The summed E-state index contributed by atoms with van der Waals surface area (Å²) in [4.78, 5) is 26.6. The average molecular weight is 449 g/mol. The SMILES string of the molecule is C[C@H]1COCCN1C(=O)[C@H]1CCc2c(sc3ncnc(Nc4ccn5nccc5c4)c23)C1. The Morgan fingerprint density at radius 1 is 1.31 bits per heavy atom. The predicted molar refractivity (Wildman–Crippen MR) is 123 cm³/mol. The highest BCUT2D eigenvalue weighted by Gasteiger charge is 2.34. The molecule has 1 aliphatic heterocycles. The molecule has 0 aromatic carbocycles. The number of morpholine rings is 1. The monoisotopic (exact) mass is 448 g/mol. The van der Waals surface area contributed by atoms with E-state index in [0.29, 0.717) is 19.8 Å². The van der Waals surface area contributed by atoms with Gasteiger partial charge in [0.05, 0.1) is 30.2 Å². The van der Waals surface area contributed by atoms with E-state index in [4.69, 9.17) is 4.74 Å². The average Bonchev–Trinajstić information content (AvgIpc) is 3.42. The first kappa shape index (κ1) is 19.6. The maximum Gasteiger partial charge on any atom is 0.226 e. The Morgan fingerprint density at radius 2 is 2.25 bits per heavy atom. The first-order valence-corrected chi connectivity index (χ1v) is 11.8. The number of thiophene rings is 1. The number of fused-ring (bicyclic) bond motifs is 4. The number of hydrogen-bond acceptors (Lipinski definition) is 7. The normalized spacial score (nSPS) is 21.1. The van der Waals surface area contributed by atoms with Crippen LogP contribution in [0.25, 0.3) is 15.7 Å². The number of carbonyl (C=O) groups is 1. The van der Waals surface area contributed by atoms with Crippen LogP contribution < -0.4 is 5.32 Å². The molecule has 2 aliphatic rings. The van der Waals surface area contributed by atoms with E-state index in [9.17, 15) is 4.79 Å². The first-order chi connectivity index (χ1) is 15.7. The van der Waals surface area contributed by atoms with Crippen molar-refractivity contribution in [1.82, 2.24) is 24.5 Å². The number of aryl methyl sites for hydroxylation is 1. The highest BCUT2D eigenvalue weighted by molar-refractivity contribution is 7.19. The molecule has 0 saturated carbocycles. The van der Waals surface area contributed by atoms with Crippen molar-refractivity contribution < 1.29 is 9.53 Å². The Kier molecular flexibility index (Phi) is 4.80. The molecule has 1 fully saturated rings. The van der Waals surface area contributed by atoms with Crippen molar-refractivity contribution in [2.75, 3.05) is 25.1 Å². The fraction of sp³-hybridized carbons (Fsp3) is 0.391. The Balaban J connectivity index is 1.29. The smallest absolute Gasteiger partial charge is 0.226 e. The minimum Gasteiger partial charge on any atom is -0.377 e. The van der Waals surface area contributed by atoms with Gasteiger partial charge in [0.15, 0.2) is 0 Å². The van der Waals surface area contributed by atoms with Crippen molar-refractivity contribution in [3.63, 3.8) is 0 Å². The van der Waals surface area contributed by atoms with Crippen LogP contribution in [-0.4, -0.2) is 56.2 Å². The van der Waals surface area contributed by atoms with Gasteiger partial charge in [-0.15, -0.1) is 11.3 Å².